The summed E-state index contributed by atoms with van der Waals surface area (Å²) >= 11 is 4.47. The van der Waals surface area contributed by atoms with Gasteiger partial charge in [0.2, 0.25) is 5.91 Å². The molecular formula is C16H14BrFN2O2S. The summed E-state index contributed by atoms with van der Waals surface area (Å²) in [7, 11) is 0. The molecule has 0 saturated carbocycles. The van der Waals surface area contributed by atoms with Gasteiger partial charge in [0, 0.05) is 9.37 Å². The Balaban J connectivity index is 1.81. The van der Waals surface area contributed by atoms with E-state index in [1.807, 2.05) is 31.2 Å². The van der Waals surface area contributed by atoms with Crippen LogP contribution in [0.5, 0.6) is 0 Å². The molecule has 23 heavy (non-hydrogen) atoms. The maximum absolute atomic E-state index is 13.0. The normalized spacial score (nSPS) is 10.2. The topological polar surface area (TPSA) is 58.2 Å². The molecular weight excluding hydrogens is 383 g/mol. The lowest BCUT2D eigenvalue weighted by atomic mass is 10.2. The third-order valence-corrected chi connectivity index (χ3v) is 4.55. The Labute approximate surface area is 145 Å². The minimum Gasteiger partial charge on any atom is -0.272 e. The van der Waals surface area contributed by atoms with Crippen LogP contribution in [0.4, 0.5) is 4.39 Å². The highest BCUT2D eigenvalue weighted by molar-refractivity contribution is 9.10. The molecule has 2 amide bonds. The van der Waals surface area contributed by atoms with Gasteiger partial charge in [0.25, 0.3) is 5.91 Å². The van der Waals surface area contributed by atoms with Crippen LogP contribution in [0.25, 0.3) is 0 Å². The van der Waals surface area contributed by atoms with Gasteiger partial charge in [-0.1, -0.05) is 17.7 Å². The fourth-order valence-corrected chi connectivity index (χ4v) is 2.92. The first-order valence-electron chi connectivity index (χ1n) is 6.69. The maximum atomic E-state index is 13.0. The molecule has 2 N–H and O–H groups in total. The Morgan fingerprint density at radius 1 is 1.13 bits per heavy atom. The van der Waals surface area contributed by atoms with E-state index in [-0.39, 0.29) is 17.2 Å². The maximum Gasteiger partial charge on any atom is 0.270 e. The Hall–Kier alpha value is -1.86. The number of benzene rings is 2. The van der Waals surface area contributed by atoms with Crippen LogP contribution in [0.3, 0.4) is 0 Å². The van der Waals surface area contributed by atoms with Crippen molar-refractivity contribution >= 4 is 39.5 Å². The summed E-state index contributed by atoms with van der Waals surface area (Å²) in [5.41, 5.74) is 6.01. The average molecular weight is 397 g/mol. The summed E-state index contributed by atoms with van der Waals surface area (Å²) < 4.78 is 13.3. The van der Waals surface area contributed by atoms with Crippen molar-refractivity contribution in [3.63, 3.8) is 0 Å². The summed E-state index contributed by atoms with van der Waals surface area (Å²) in [6.07, 6.45) is 0. The Kier molecular flexibility index (Phi) is 6.18. The van der Waals surface area contributed by atoms with Crippen molar-refractivity contribution in [2.24, 2.45) is 0 Å². The van der Waals surface area contributed by atoms with E-state index in [4.69, 9.17) is 0 Å². The third kappa shape index (κ3) is 5.37. The average Bonchev–Trinajstić information content (AvgIpc) is 2.52. The van der Waals surface area contributed by atoms with E-state index >= 15 is 0 Å². The predicted molar refractivity (Wildman–Crippen MR) is 91.6 cm³/mol. The van der Waals surface area contributed by atoms with Crippen LogP contribution in [-0.2, 0) is 4.79 Å². The minimum absolute atomic E-state index is 0.175. The lowest BCUT2D eigenvalue weighted by molar-refractivity contribution is -0.119. The van der Waals surface area contributed by atoms with Gasteiger partial charge in [-0.15, -0.1) is 11.8 Å². The van der Waals surface area contributed by atoms with Gasteiger partial charge < -0.3 is 0 Å². The second-order valence-corrected chi connectivity index (χ2v) is 6.63. The standard InChI is InChI=1S/C16H14BrFN2O2S/c1-10-2-5-12(6-3-10)23-9-15(21)19-20-16(22)13-7-4-11(18)8-14(13)17/h2-8H,9H2,1H3,(H,19,21)(H,20,22). The van der Waals surface area contributed by atoms with Crippen LogP contribution >= 0.6 is 27.7 Å². The molecule has 0 heterocycles. The van der Waals surface area contributed by atoms with Crippen LogP contribution in [0.15, 0.2) is 51.8 Å². The molecule has 0 saturated heterocycles. The number of carbonyl (C=O) groups excluding carboxylic acids is 2. The molecule has 0 unspecified atom stereocenters. The number of halogens is 2. The van der Waals surface area contributed by atoms with Gasteiger partial charge in [0.05, 0.1) is 11.3 Å². The number of carbonyl (C=O) groups is 2. The zero-order valence-electron chi connectivity index (χ0n) is 12.2. The number of hydrogen-bond acceptors (Lipinski definition) is 3. The zero-order valence-corrected chi connectivity index (χ0v) is 14.6. The minimum atomic E-state index is -0.523. The van der Waals surface area contributed by atoms with E-state index in [1.54, 1.807) is 0 Å². The number of hydrazine groups is 1. The number of aryl methyl sites for hydroxylation is 1. The van der Waals surface area contributed by atoms with Crippen molar-refractivity contribution in [2.45, 2.75) is 11.8 Å². The van der Waals surface area contributed by atoms with Crippen LogP contribution in [-0.4, -0.2) is 17.6 Å². The second-order valence-electron chi connectivity index (χ2n) is 4.73. The highest BCUT2D eigenvalue weighted by Gasteiger charge is 2.11. The molecule has 0 spiro atoms. The summed E-state index contributed by atoms with van der Waals surface area (Å²) in [5, 5.41) is 0. The number of thioether (sulfide) groups is 1. The fourth-order valence-electron chi connectivity index (χ4n) is 1.69. The lowest BCUT2D eigenvalue weighted by Gasteiger charge is -2.08. The molecule has 0 fully saturated rings. The van der Waals surface area contributed by atoms with Crippen molar-refractivity contribution in [3.05, 3.63) is 63.9 Å². The lowest BCUT2D eigenvalue weighted by Crippen LogP contribution is -2.42. The van der Waals surface area contributed by atoms with Gasteiger partial charge >= 0.3 is 0 Å². The van der Waals surface area contributed by atoms with Gasteiger partial charge in [-0.25, -0.2) is 4.39 Å². The molecule has 2 rings (SSSR count). The van der Waals surface area contributed by atoms with Crippen LogP contribution in [0, 0.1) is 12.7 Å². The Bertz CT molecular complexity index is 723. The van der Waals surface area contributed by atoms with Crippen molar-refractivity contribution in [2.75, 3.05) is 5.75 Å². The summed E-state index contributed by atoms with van der Waals surface area (Å²) in [4.78, 5) is 24.6. The van der Waals surface area contributed by atoms with E-state index in [0.29, 0.717) is 4.47 Å². The largest absolute Gasteiger partial charge is 0.272 e. The Morgan fingerprint density at radius 3 is 2.48 bits per heavy atom. The third-order valence-electron chi connectivity index (χ3n) is 2.88. The van der Waals surface area contributed by atoms with Gasteiger partial charge in [0.1, 0.15) is 5.82 Å². The molecule has 0 aromatic heterocycles. The molecule has 0 aliphatic heterocycles. The molecule has 4 nitrogen and oxygen atoms in total. The van der Waals surface area contributed by atoms with Crippen LogP contribution in [0.2, 0.25) is 0 Å². The number of nitrogens with one attached hydrogen (secondary N) is 2. The first kappa shape index (κ1) is 17.5. The summed E-state index contributed by atoms with van der Waals surface area (Å²) in [5.74, 6) is -1.13. The number of hydrogen-bond donors (Lipinski definition) is 2. The zero-order chi connectivity index (χ0) is 16.8. The molecule has 0 aliphatic carbocycles. The van der Waals surface area contributed by atoms with E-state index in [9.17, 15) is 14.0 Å². The van der Waals surface area contributed by atoms with Crippen LogP contribution < -0.4 is 10.9 Å². The number of rotatable bonds is 4. The first-order valence-corrected chi connectivity index (χ1v) is 8.47. The van der Waals surface area contributed by atoms with E-state index < -0.39 is 11.7 Å². The van der Waals surface area contributed by atoms with Gasteiger partial charge in [-0.3, -0.25) is 20.4 Å². The molecule has 7 heteroatoms. The van der Waals surface area contributed by atoms with E-state index in [2.05, 4.69) is 26.8 Å². The summed E-state index contributed by atoms with van der Waals surface area (Å²) in [6.45, 7) is 1.99. The monoisotopic (exact) mass is 396 g/mol. The quantitative estimate of drug-likeness (QED) is 0.614. The highest BCUT2D eigenvalue weighted by atomic mass is 79.9. The predicted octanol–water partition coefficient (Wildman–Crippen LogP) is 3.45. The van der Waals surface area contributed by atoms with E-state index in [1.165, 1.54) is 30.0 Å². The Morgan fingerprint density at radius 2 is 1.83 bits per heavy atom. The van der Waals surface area contributed by atoms with Crippen molar-refractivity contribution in [1.82, 2.24) is 10.9 Å². The molecule has 0 atom stereocenters. The van der Waals surface area contributed by atoms with E-state index in [0.717, 1.165) is 10.5 Å². The van der Waals surface area contributed by atoms with Crippen molar-refractivity contribution < 1.29 is 14.0 Å². The molecule has 0 aliphatic rings. The van der Waals surface area contributed by atoms with Crippen LogP contribution in [0.1, 0.15) is 15.9 Å². The van der Waals surface area contributed by atoms with Crippen molar-refractivity contribution in [3.8, 4) is 0 Å². The van der Waals surface area contributed by atoms with Gasteiger partial charge in [-0.2, -0.15) is 0 Å². The van der Waals surface area contributed by atoms with Gasteiger partial charge in [0.15, 0.2) is 0 Å². The molecule has 120 valence electrons. The molecule has 0 radical (unpaired) electrons. The van der Waals surface area contributed by atoms with Gasteiger partial charge in [-0.05, 0) is 53.2 Å². The second kappa shape index (κ2) is 8.12. The smallest absolute Gasteiger partial charge is 0.270 e. The molecule has 0 bridgehead atoms. The molecule has 2 aromatic rings. The molecule has 2 aromatic carbocycles. The fraction of sp³-hybridized carbons (Fsp3) is 0.125. The summed E-state index contributed by atoms with van der Waals surface area (Å²) in [6, 6.07) is 11.5. The highest BCUT2D eigenvalue weighted by Crippen LogP contribution is 2.18. The first-order chi connectivity index (χ1) is 11.0. The SMILES string of the molecule is Cc1ccc(SCC(=O)NNC(=O)c2ccc(F)cc2Br)cc1. The van der Waals surface area contributed by atoms with Crippen molar-refractivity contribution in [1.29, 1.82) is 0 Å². The number of amides is 2.